The predicted octanol–water partition coefficient (Wildman–Crippen LogP) is 4.34. The number of carboxylic acid groups (broad SMARTS) is 1. The number of carboxylic acids is 1. The monoisotopic (exact) mass is 442 g/mol. The summed E-state index contributed by atoms with van der Waals surface area (Å²) in [6.07, 6.45) is 0.0457. The number of ketones is 1. The van der Waals surface area contributed by atoms with Crippen molar-refractivity contribution >= 4 is 11.8 Å². The van der Waals surface area contributed by atoms with Crippen molar-refractivity contribution in [2.24, 2.45) is 7.05 Å². The summed E-state index contributed by atoms with van der Waals surface area (Å²) in [7, 11) is 1.82. The molecular formula is C22H17F3N4O3. The molecule has 0 aliphatic carbocycles. The van der Waals surface area contributed by atoms with Crippen molar-refractivity contribution in [1.29, 1.82) is 0 Å². The maximum absolute atomic E-state index is 12.7. The Morgan fingerprint density at radius 1 is 0.969 bits per heavy atom. The first-order valence-electron chi connectivity index (χ1n) is 9.19. The fraction of sp³-hybridized carbons (Fsp3) is 0.0909. The van der Waals surface area contributed by atoms with Crippen molar-refractivity contribution in [3.8, 4) is 22.4 Å². The molecule has 0 radical (unpaired) electrons. The van der Waals surface area contributed by atoms with Gasteiger partial charge < -0.3 is 9.67 Å². The fourth-order valence-corrected chi connectivity index (χ4v) is 2.84. The summed E-state index contributed by atoms with van der Waals surface area (Å²) in [5.41, 5.74) is 4.67. The Morgan fingerprint density at radius 2 is 1.59 bits per heavy atom. The van der Waals surface area contributed by atoms with Crippen LogP contribution in [0.2, 0.25) is 0 Å². The second-order valence-electron chi connectivity index (χ2n) is 6.63. The average Bonchev–Trinajstić information content (AvgIpc) is 3.45. The summed E-state index contributed by atoms with van der Waals surface area (Å²) in [6, 6.07) is 17.7. The van der Waals surface area contributed by atoms with Gasteiger partial charge in [-0.05, 0) is 29.3 Å². The van der Waals surface area contributed by atoms with Gasteiger partial charge in [-0.3, -0.25) is 9.89 Å². The quantitative estimate of drug-likeness (QED) is 0.458. The molecule has 0 amide bonds. The number of aliphatic carboxylic acids is 1. The number of H-pyrrole nitrogens is 1. The number of aromatic nitrogens is 4. The molecule has 0 saturated heterocycles. The van der Waals surface area contributed by atoms with Gasteiger partial charge in [0, 0.05) is 36.8 Å². The highest BCUT2D eigenvalue weighted by Crippen LogP contribution is 2.26. The molecule has 0 spiro atoms. The molecule has 0 fully saturated rings. The van der Waals surface area contributed by atoms with Crippen LogP contribution in [0.25, 0.3) is 22.4 Å². The van der Waals surface area contributed by atoms with Crippen LogP contribution in [-0.4, -0.2) is 42.8 Å². The molecule has 2 heterocycles. The van der Waals surface area contributed by atoms with Crippen LogP contribution in [0.5, 0.6) is 0 Å². The summed E-state index contributed by atoms with van der Waals surface area (Å²) in [5.74, 6) is -2.41. The molecule has 0 aliphatic heterocycles. The average molecular weight is 442 g/mol. The topological polar surface area (TPSA) is 101 Å². The Kier molecular flexibility index (Phi) is 6.53. The van der Waals surface area contributed by atoms with Crippen LogP contribution in [0.1, 0.15) is 16.2 Å². The van der Waals surface area contributed by atoms with E-state index in [0.717, 1.165) is 22.4 Å². The molecule has 7 nitrogen and oxygen atoms in total. The van der Waals surface area contributed by atoms with E-state index in [-0.39, 0.29) is 5.78 Å². The standard InChI is InChI=1S/C20H16N4O.C2HF3O2/c1-24-11-10-21-20(24)19(25)17-7-3-5-15(13-17)14-4-2-6-16(12-14)18-8-9-22-23-18;3-2(4,5)1(6)7/h2-13H,1H3,(H,22,23);(H,6,7). The minimum atomic E-state index is -5.08. The zero-order chi connectivity index (χ0) is 23.3. The molecule has 2 N–H and O–H groups in total. The molecule has 0 bridgehead atoms. The van der Waals surface area contributed by atoms with Crippen molar-refractivity contribution in [2.45, 2.75) is 6.18 Å². The highest BCUT2D eigenvalue weighted by atomic mass is 19.4. The van der Waals surface area contributed by atoms with Crippen molar-refractivity contribution in [3.63, 3.8) is 0 Å². The molecule has 2 aromatic carbocycles. The van der Waals surface area contributed by atoms with Crippen LogP contribution >= 0.6 is 0 Å². The second kappa shape index (κ2) is 9.29. The molecule has 0 unspecified atom stereocenters. The summed E-state index contributed by atoms with van der Waals surface area (Å²) < 4.78 is 33.5. The van der Waals surface area contributed by atoms with E-state index in [1.54, 1.807) is 23.2 Å². The lowest BCUT2D eigenvalue weighted by atomic mass is 9.99. The van der Waals surface area contributed by atoms with E-state index in [0.29, 0.717) is 11.4 Å². The van der Waals surface area contributed by atoms with E-state index >= 15 is 0 Å². The highest BCUT2D eigenvalue weighted by molar-refractivity contribution is 6.07. The number of nitrogens with zero attached hydrogens (tertiary/aromatic N) is 3. The van der Waals surface area contributed by atoms with Crippen LogP contribution in [0.15, 0.2) is 73.2 Å². The van der Waals surface area contributed by atoms with E-state index in [2.05, 4.69) is 21.2 Å². The zero-order valence-corrected chi connectivity index (χ0v) is 16.7. The van der Waals surface area contributed by atoms with E-state index in [1.807, 2.05) is 55.6 Å². The van der Waals surface area contributed by atoms with Crippen molar-refractivity contribution in [1.82, 2.24) is 19.7 Å². The lowest BCUT2D eigenvalue weighted by molar-refractivity contribution is -0.192. The molecule has 0 atom stereocenters. The van der Waals surface area contributed by atoms with Gasteiger partial charge in [-0.2, -0.15) is 18.3 Å². The van der Waals surface area contributed by atoms with Crippen molar-refractivity contribution in [3.05, 3.63) is 84.6 Å². The smallest absolute Gasteiger partial charge is 0.475 e. The largest absolute Gasteiger partial charge is 0.490 e. The third kappa shape index (κ3) is 5.28. The lowest BCUT2D eigenvalue weighted by Crippen LogP contribution is -2.21. The Morgan fingerprint density at radius 3 is 2.16 bits per heavy atom. The first kappa shape index (κ1) is 22.5. The van der Waals surface area contributed by atoms with Crippen LogP contribution < -0.4 is 0 Å². The van der Waals surface area contributed by atoms with Crippen molar-refractivity contribution < 1.29 is 27.9 Å². The van der Waals surface area contributed by atoms with E-state index in [9.17, 15) is 18.0 Å². The van der Waals surface area contributed by atoms with Gasteiger partial charge in [0.05, 0.1) is 5.69 Å². The van der Waals surface area contributed by atoms with Gasteiger partial charge in [-0.25, -0.2) is 9.78 Å². The zero-order valence-electron chi connectivity index (χ0n) is 16.7. The third-order valence-corrected chi connectivity index (χ3v) is 4.40. The summed E-state index contributed by atoms with van der Waals surface area (Å²) in [4.78, 5) is 25.7. The number of rotatable bonds is 4. The number of aromatic amines is 1. The van der Waals surface area contributed by atoms with Gasteiger partial charge in [0.2, 0.25) is 5.78 Å². The third-order valence-electron chi connectivity index (χ3n) is 4.40. The van der Waals surface area contributed by atoms with Crippen LogP contribution in [0.3, 0.4) is 0 Å². The highest BCUT2D eigenvalue weighted by Gasteiger charge is 2.38. The van der Waals surface area contributed by atoms with Crippen LogP contribution in [0, 0.1) is 0 Å². The molecule has 4 aromatic rings. The van der Waals surface area contributed by atoms with Gasteiger partial charge in [0.1, 0.15) is 0 Å². The molecule has 32 heavy (non-hydrogen) atoms. The Labute approximate surface area is 180 Å². The Balaban J connectivity index is 0.000000360. The molecule has 164 valence electrons. The number of alkyl halides is 3. The molecule has 4 rings (SSSR count). The number of hydrogen-bond donors (Lipinski definition) is 2. The summed E-state index contributed by atoms with van der Waals surface area (Å²) in [6.45, 7) is 0. The minimum absolute atomic E-state index is 0.0842. The number of nitrogens with one attached hydrogen (secondary N) is 1. The molecule has 10 heteroatoms. The van der Waals surface area contributed by atoms with Crippen LogP contribution in [-0.2, 0) is 11.8 Å². The lowest BCUT2D eigenvalue weighted by Gasteiger charge is -2.07. The number of imidazole rings is 1. The molecule has 0 saturated carbocycles. The first-order valence-corrected chi connectivity index (χ1v) is 9.19. The Hall–Kier alpha value is -4.21. The SMILES string of the molecule is Cn1ccnc1C(=O)c1cccc(-c2cccc(-c3ccn[nH]3)c2)c1.O=C(O)C(F)(F)F. The summed E-state index contributed by atoms with van der Waals surface area (Å²) >= 11 is 0. The number of carbonyl (C=O) groups excluding carboxylic acids is 1. The van der Waals surface area contributed by atoms with E-state index in [1.165, 1.54) is 0 Å². The molecular weight excluding hydrogens is 425 g/mol. The maximum atomic E-state index is 12.7. The molecule has 2 aromatic heterocycles. The van der Waals surface area contributed by atoms with Crippen LogP contribution in [0.4, 0.5) is 13.2 Å². The Bertz CT molecular complexity index is 1230. The number of carbonyl (C=O) groups is 2. The predicted molar refractivity (Wildman–Crippen MR) is 110 cm³/mol. The normalized spacial score (nSPS) is 10.9. The van der Waals surface area contributed by atoms with E-state index < -0.39 is 12.1 Å². The molecule has 0 aliphatic rings. The van der Waals surface area contributed by atoms with Gasteiger partial charge in [-0.1, -0.05) is 36.4 Å². The minimum Gasteiger partial charge on any atom is -0.475 e. The van der Waals surface area contributed by atoms with Crippen molar-refractivity contribution in [2.75, 3.05) is 0 Å². The van der Waals surface area contributed by atoms with E-state index in [4.69, 9.17) is 9.90 Å². The number of aryl methyl sites for hydroxylation is 1. The number of halogens is 3. The van der Waals surface area contributed by atoms with Gasteiger partial charge in [0.15, 0.2) is 5.82 Å². The van der Waals surface area contributed by atoms with Gasteiger partial charge >= 0.3 is 12.1 Å². The first-order chi connectivity index (χ1) is 15.2. The second-order valence-corrected chi connectivity index (χ2v) is 6.63. The van der Waals surface area contributed by atoms with Gasteiger partial charge in [-0.15, -0.1) is 0 Å². The number of benzene rings is 2. The maximum Gasteiger partial charge on any atom is 0.490 e. The fourth-order valence-electron chi connectivity index (χ4n) is 2.84. The van der Waals surface area contributed by atoms with Gasteiger partial charge in [0.25, 0.3) is 0 Å². The summed E-state index contributed by atoms with van der Waals surface area (Å²) in [5, 5.41) is 14.1. The number of hydrogen-bond acceptors (Lipinski definition) is 4.